The summed E-state index contributed by atoms with van der Waals surface area (Å²) in [6.45, 7) is 3.31. The monoisotopic (exact) mass is 248 g/mol. The standard InChI is InChI=1S/C14H20N2O2/c1-17-8-9-18-7-6-16-13(11-15)10-12-4-2-3-5-14(12)16/h2-5,10H,6-9,11,15H2,1H3. The Balaban J connectivity index is 2.06. The van der Waals surface area contributed by atoms with Gasteiger partial charge in [-0.1, -0.05) is 18.2 Å². The molecule has 1 heterocycles. The maximum absolute atomic E-state index is 5.78. The third-order valence-corrected chi connectivity index (χ3v) is 3.00. The number of methoxy groups -OCH3 is 1. The molecular weight excluding hydrogens is 228 g/mol. The summed E-state index contributed by atoms with van der Waals surface area (Å²) in [7, 11) is 1.68. The predicted octanol–water partition coefficient (Wildman–Crippen LogP) is 1.76. The summed E-state index contributed by atoms with van der Waals surface area (Å²) < 4.78 is 12.7. The molecule has 2 rings (SSSR count). The van der Waals surface area contributed by atoms with Crippen LogP contribution in [-0.4, -0.2) is 31.5 Å². The van der Waals surface area contributed by atoms with Crippen molar-refractivity contribution in [1.82, 2.24) is 4.57 Å². The fraction of sp³-hybridized carbons (Fsp3) is 0.429. The van der Waals surface area contributed by atoms with Crippen molar-refractivity contribution < 1.29 is 9.47 Å². The van der Waals surface area contributed by atoms with Gasteiger partial charge in [-0.05, 0) is 17.5 Å². The summed E-state index contributed by atoms with van der Waals surface area (Å²) in [5.41, 5.74) is 8.15. The highest BCUT2D eigenvalue weighted by molar-refractivity contribution is 5.81. The number of para-hydroxylation sites is 1. The Kier molecular flexibility index (Phi) is 4.75. The van der Waals surface area contributed by atoms with Gasteiger partial charge in [0.1, 0.15) is 0 Å². The van der Waals surface area contributed by atoms with Crippen LogP contribution in [-0.2, 0) is 22.6 Å². The highest BCUT2D eigenvalue weighted by Crippen LogP contribution is 2.19. The lowest BCUT2D eigenvalue weighted by molar-refractivity contribution is 0.0668. The number of nitrogens with zero attached hydrogens (tertiary/aromatic N) is 1. The highest BCUT2D eigenvalue weighted by Gasteiger charge is 2.06. The number of aromatic nitrogens is 1. The molecule has 2 aromatic rings. The van der Waals surface area contributed by atoms with Crippen molar-refractivity contribution in [2.45, 2.75) is 13.1 Å². The Bertz CT molecular complexity index is 493. The zero-order valence-electron chi connectivity index (χ0n) is 10.8. The Morgan fingerprint density at radius 2 is 2.00 bits per heavy atom. The quantitative estimate of drug-likeness (QED) is 0.760. The van der Waals surface area contributed by atoms with Gasteiger partial charge in [0.05, 0.1) is 19.8 Å². The second-order valence-corrected chi connectivity index (χ2v) is 4.16. The van der Waals surface area contributed by atoms with E-state index in [0.717, 1.165) is 12.2 Å². The Labute approximate surface area is 107 Å². The van der Waals surface area contributed by atoms with Crippen molar-refractivity contribution in [2.75, 3.05) is 26.9 Å². The van der Waals surface area contributed by atoms with Gasteiger partial charge in [0.2, 0.25) is 0 Å². The molecular formula is C14H20N2O2. The predicted molar refractivity (Wildman–Crippen MR) is 72.5 cm³/mol. The van der Waals surface area contributed by atoms with E-state index in [1.807, 2.05) is 12.1 Å². The molecule has 98 valence electrons. The average molecular weight is 248 g/mol. The van der Waals surface area contributed by atoms with Crippen LogP contribution in [0.1, 0.15) is 5.69 Å². The molecule has 2 N–H and O–H groups in total. The summed E-state index contributed by atoms with van der Waals surface area (Å²) >= 11 is 0. The third-order valence-electron chi connectivity index (χ3n) is 3.00. The van der Waals surface area contributed by atoms with Gasteiger partial charge in [0.15, 0.2) is 0 Å². The van der Waals surface area contributed by atoms with Crippen molar-refractivity contribution in [3.05, 3.63) is 36.0 Å². The molecule has 0 fully saturated rings. The zero-order valence-corrected chi connectivity index (χ0v) is 10.8. The van der Waals surface area contributed by atoms with Gasteiger partial charge in [-0.3, -0.25) is 0 Å². The van der Waals surface area contributed by atoms with Gasteiger partial charge in [0.25, 0.3) is 0 Å². The van der Waals surface area contributed by atoms with Crippen LogP contribution in [0.3, 0.4) is 0 Å². The largest absolute Gasteiger partial charge is 0.382 e. The van der Waals surface area contributed by atoms with Crippen LogP contribution in [0, 0.1) is 0 Å². The molecule has 0 aliphatic rings. The third kappa shape index (κ3) is 2.90. The number of hydrogen-bond donors (Lipinski definition) is 1. The van der Waals surface area contributed by atoms with Crippen LogP contribution < -0.4 is 5.73 Å². The van der Waals surface area contributed by atoms with Crippen LogP contribution in [0.15, 0.2) is 30.3 Å². The molecule has 0 spiro atoms. The summed E-state index contributed by atoms with van der Waals surface area (Å²) in [5.74, 6) is 0. The zero-order chi connectivity index (χ0) is 12.8. The molecule has 0 saturated heterocycles. The Morgan fingerprint density at radius 3 is 2.78 bits per heavy atom. The SMILES string of the molecule is COCCOCCn1c(CN)cc2ccccc21. The minimum Gasteiger partial charge on any atom is -0.382 e. The number of fused-ring (bicyclic) bond motifs is 1. The normalized spacial score (nSPS) is 11.2. The first kappa shape index (κ1) is 13.1. The maximum Gasteiger partial charge on any atom is 0.0701 e. The molecule has 1 aromatic carbocycles. The van der Waals surface area contributed by atoms with E-state index in [2.05, 4.69) is 22.8 Å². The summed E-state index contributed by atoms with van der Waals surface area (Å²) in [6.07, 6.45) is 0. The molecule has 0 aliphatic carbocycles. The van der Waals surface area contributed by atoms with Gasteiger partial charge >= 0.3 is 0 Å². The first-order valence-corrected chi connectivity index (χ1v) is 6.20. The smallest absolute Gasteiger partial charge is 0.0701 e. The van der Waals surface area contributed by atoms with E-state index in [1.165, 1.54) is 10.9 Å². The molecule has 0 bridgehead atoms. The average Bonchev–Trinajstić information content (AvgIpc) is 2.77. The van der Waals surface area contributed by atoms with Crippen molar-refractivity contribution in [1.29, 1.82) is 0 Å². The first-order valence-electron chi connectivity index (χ1n) is 6.20. The van der Waals surface area contributed by atoms with Crippen LogP contribution in [0.5, 0.6) is 0 Å². The molecule has 0 amide bonds. The van der Waals surface area contributed by atoms with Gasteiger partial charge in [0, 0.05) is 31.4 Å². The minimum atomic E-state index is 0.548. The lowest BCUT2D eigenvalue weighted by atomic mass is 10.2. The molecule has 0 radical (unpaired) electrons. The van der Waals surface area contributed by atoms with Crippen molar-refractivity contribution in [2.24, 2.45) is 5.73 Å². The van der Waals surface area contributed by atoms with Crippen molar-refractivity contribution in [3.63, 3.8) is 0 Å². The molecule has 4 heteroatoms. The van der Waals surface area contributed by atoms with E-state index in [1.54, 1.807) is 7.11 Å². The van der Waals surface area contributed by atoms with E-state index < -0.39 is 0 Å². The van der Waals surface area contributed by atoms with Crippen LogP contribution >= 0.6 is 0 Å². The Hall–Kier alpha value is -1.36. The van der Waals surface area contributed by atoms with E-state index in [9.17, 15) is 0 Å². The lowest BCUT2D eigenvalue weighted by Gasteiger charge is -2.10. The van der Waals surface area contributed by atoms with E-state index in [4.69, 9.17) is 15.2 Å². The fourth-order valence-electron chi connectivity index (χ4n) is 2.10. The van der Waals surface area contributed by atoms with Gasteiger partial charge < -0.3 is 19.8 Å². The molecule has 4 nitrogen and oxygen atoms in total. The Morgan fingerprint density at radius 1 is 1.17 bits per heavy atom. The summed E-state index contributed by atoms with van der Waals surface area (Å²) in [5, 5.41) is 1.23. The first-order chi connectivity index (χ1) is 8.86. The molecule has 18 heavy (non-hydrogen) atoms. The maximum atomic E-state index is 5.78. The second-order valence-electron chi connectivity index (χ2n) is 4.16. The molecule has 1 aromatic heterocycles. The molecule has 0 atom stereocenters. The highest BCUT2D eigenvalue weighted by atomic mass is 16.5. The minimum absolute atomic E-state index is 0.548. The van der Waals surface area contributed by atoms with Crippen molar-refractivity contribution >= 4 is 10.9 Å². The summed E-state index contributed by atoms with van der Waals surface area (Å²) in [4.78, 5) is 0. The summed E-state index contributed by atoms with van der Waals surface area (Å²) in [6, 6.07) is 10.5. The molecule has 0 aliphatic heterocycles. The number of hydrogen-bond acceptors (Lipinski definition) is 3. The van der Waals surface area contributed by atoms with Crippen LogP contribution in [0.4, 0.5) is 0 Å². The topological polar surface area (TPSA) is 49.4 Å². The van der Waals surface area contributed by atoms with Crippen molar-refractivity contribution in [3.8, 4) is 0 Å². The van der Waals surface area contributed by atoms with Gasteiger partial charge in [-0.15, -0.1) is 0 Å². The van der Waals surface area contributed by atoms with Crippen LogP contribution in [0.25, 0.3) is 10.9 Å². The fourth-order valence-corrected chi connectivity index (χ4v) is 2.10. The number of nitrogens with two attached hydrogens (primary N) is 1. The van der Waals surface area contributed by atoms with Gasteiger partial charge in [-0.25, -0.2) is 0 Å². The van der Waals surface area contributed by atoms with E-state index in [-0.39, 0.29) is 0 Å². The second kappa shape index (κ2) is 6.54. The number of benzene rings is 1. The molecule has 0 saturated carbocycles. The van der Waals surface area contributed by atoms with E-state index in [0.29, 0.717) is 26.4 Å². The van der Waals surface area contributed by atoms with Gasteiger partial charge in [-0.2, -0.15) is 0 Å². The number of rotatable bonds is 7. The van der Waals surface area contributed by atoms with E-state index >= 15 is 0 Å². The lowest BCUT2D eigenvalue weighted by Crippen LogP contribution is -2.13. The molecule has 0 unspecified atom stereocenters. The van der Waals surface area contributed by atoms with Crippen LogP contribution in [0.2, 0.25) is 0 Å². The number of ether oxygens (including phenoxy) is 2.